The van der Waals surface area contributed by atoms with E-state index in [1.165, 1.54) is 6.07 Å². The highest BCUT2D eigenvalue weighted by atomic mass is 19.1. The second kappa shape index (κ2) is 4.38. The van der Waals surface area contributed by atoms with Gasteiger partial charge in [0.1, 0.15) is 17.5 Å². The van der Waals surface area contributed by atoms with Crippen molar-refractivity contribution in [3.05, 3.63) is 35.8 Å². The highest BCUT2D eigenvalue weighted by molar-refractivity contribution is 5.92. The van der Waals surface area contributed by atoms with Crippen LogP contribution >= 0.6 is 0 Å². The van der Waals surface area contributed by atoms with Crippen LogP contribution in [0.25, 0.3) is 11.4 Å². The Bertz CT molecular complexity index is 651. The van der Waals surface area contributed by atoms with Crippen LogP contribution in [-0.2, 0) is 6.54 Å². The summed E-state index contributed by atoms with van der Waals surface area (Å²) in [7, 11) is 0. The largest absolute Gasteiger partial charge is 0.476 e. The van der Waals surface area contributed by atoms with Crippen molar-refractivity contribution in [3.63, 3.8) is 0 Å². The van der Waals surface area contributed by atoms with Crippen LogP contribution in [0, 0.1) is 5.82 Å². The minimum Gasteiger partial charge on any atom is -0.476 e. The van der Waals surface area contributed by atoms with Gasteiger partial charge in [0.2, 0.25) is 0 Å². The lowest BCUT2D eigenvalue weighted by atomic mass is 10.2. The van der Waals surface area contributed by atoms with Crippen molar-refractivity contribution in [1.82, 2.24) is 9.55 Å². The van der Waals surface area contributed by atoms with Crippen molar-refractivity contribution in [1.29, 1.82) is 0 Å². The van der Waals surface area contributed by atoms with E-state index in [1.54, 1.807) is 22.8 Å². The third kappa shape index (κ3) is 1.85. The van der Waals surface area contributed by atoms with Gasteiger partial charge in [-0.15, -0.1) is 0 Å². The molecule has 0 amide bonds. The molecule has 0 spiro atoms. The number of aromatic nitrogens is 2. The summed E-state index contributed by atoms with van der Waals surface area (Å²) >= 11 is 0. The lowest BCUT2D eigenvalue weighted by Crippen LogP contribution is -2.19. The third-order valence-corrected chi connectivity index (χ3v) is 3.14. The quantitative estimate of drug-likeness (QED) is 0.869. The average Bonchev–Trinajstić information content (AvgIpc) is 2.79. The SMILES string of the molecule is O=C(O)c1nc(-c2ccccc2F)n2c1NCCC2. The highest BCUT2D eigenvalue weighted by Gasteiger charge is 2.25. The van der Waals surface area contributed by atoms with E-state index < -0.39 is 11.8 Å². The average molecular weight is 261 g/mol. The summed E-state index contributed by atoms with van der Waals surface area (Å²) in [5.41, 5.74) is 0.262. The lowest BCUT2D eigenvalue weighted by Gasteiger charge is -2.18. The van der Waals surface area contributed by atoms with Crippen LogP contribution in [0.3, 0.4) is 0 Å². The maximum atomic E-state index is 13.8. The van der Waals surface area contributed by atoms with Gasteiger partial charge in [-0.1, -0.05) is 12.1 Å². The summed E-state index contributed by atoms with van der Waals surface area (Å²) in [5.74, 6) is -0.701. The molecule has 6 heteroatoms. The van der Waals surface area contributed by atoms with Crippen LogP contribution in [0.15, 0.2) is 24.3 Å². The van der Waals surface area contributed by atoms with Gasteiger partial charge in [-0.05, 0) is 18.6 Å². The number of fused-ring (bicyclic) bond motifs is 1. The van der Waals surface area contributed by atoms with Crippen molar-refractivity contribution in [2.24, 2.45) is 0 Å². The summed E-state index contributed by atoms with van der Waals surface area (Å²) in [6.07, 6.45) is 0.851. The maximum absolute atomic E-state index is 13.8. The first kappa shape index (κ1) is 11.7. The molecule has 3 rings (SSSR count). The van der Waals surface area contributed by atoms with Crippen molar-refractivity contribution < 1.29 is 14.3 Å². The van der Waals surface area contributed by atoms with Gasteiger partial charge in [0, 0.05) is 13.1 Å². The Labute approximate surface area is 108 Å². The van der Waals surface area contributed by atoms with Gasteiger partial charge < -0.3 is 15.0 Å². The molecule has 5 nitrogen and oxygen atoms in total. The highest BCUT2D eigenvalue weighted by Crippen LogP contribution is 2.30. The molecule has 1 aliphatic heterocycles. The van der Waals surface area contributed by atoms with Crippen LogP contribution in [0.1, 0.15) is 16.9 Å². The third-order valence-electron chi connectivity index (χ3n) is 3.14. The molecule has 0 saturated heterocycles. The molecule has 0 atom stereocenters. The van der Waals surface area contributed by atoms with Crippen LogP contribution in [0.2, 0.25) is 0 Å². The van der Waals surface area contributed by atoms with Crippen LogP contribution in [0.5, 0.6) is 0 Å². The zero-order valence-electron chi connectivity index (χ0n) is 10.1. The Balaban J connectivity index is 2.22. The van der Waals surface area contributed by atoms with Gasteiger partial charge in [-0.3, -0.25) is 0 Å². The molecular weight excluding hydrogens is 249 g/mol. The number of hydrogen-bond donors (Lipinski definition) is 2. The van der Waals surface area contributed by atoms with Gasteiger partial charge in [-0.2, -0.15) is 0 Å². The summed E-state index contributed by atoms with van der Waals surface area (Å²) in [6, 6.07) is 6.24. The number of hydrogen-bond acceptors (Lipinski definition) is 3. The second-order valence-corrected chi connectivity index (χ2v) is 4.35. The number of imidazole rings is 1. The standard InChI is InChI=1S/C13H12FN3O2/c14-9-5-2-1-4-8(9)11-16-10(13(18)19)12-15-6-3-7-17(11)12/h1-2,4-5,15H,3,6-7H2,(H,18,19). The van der Waals surface area contributed by atoms with Crippen molar-refractivity contribution in [2.45, 2.75) is 13.0 Å². The van der Waals surface area contributed by atoms with Crippen LogP contribution in [0.4, 0.5) is 10.2 Å². The first-order chi connectivity index (χ1) is 9.18. The summed E-state index contributed by atoms with van der Waals surface area (Å²) < 4.78 is 15.6. The molecule has 2 N–H and O–H groups in total. The zero-order valence-corrected chi connectivity index (χ0v) is 10.1. The van der Waals surface area contributed by atoms with Crippen molar-refractivity contribution in [3.8, 4) is 11.4 Å². The number of nitrogens with zero attached hydrogens (tertiary/aromatic N) is 2. The number of carboxylic acids is 1. The molecule has 0 unspecified atom stereocenters. The molecule has 1 aromatic carbocycles. The predicted molar refractivity (Wildman–Crippen MR) is 67.7 cm³/mol. The topological polar surface area (TPSA) is 67.1 Å². The molecule has 19 heavy (non-hydrogen) atoms. The number of carbonyl (C=O) groups is 1. The van der Waals surface area contributed by atoms with E-state index in [-0.39, 0.29) is 5.69 Å². The molecule has 1 aliphatic rings. The minimum atomic E-state index is -1.11. The Morgan fingerprint density at radius 1 is 1.42 bits per heavy atom. The lowest BCUT2D eigenvalue weighted by molar-refractivity contribution is 0.0692. The first-order valence-corrected chi connectivity index (χ1v) is 6.01. The van der Waals surface area contributed by atoms with Gasteiger partial charge in [0.05, 0.1) is 5.56 Å². The fourth-order valence-electron chi connectivity index (χ4n) is 2.29. The number of nitrogens with one attached hydrogen (secondary N) is 1. The molecule has 2 heterocycles. The van der Waals surface area contributed by atoms with Gasteiger partial charge in [0.25, 0.3) is 0 Å². The van der Waals surface area contributed by atoms with E-state index in [0.717, 1.165) is 6.42 Å². The van der Waals surface area contributed by atoms with E-state index in [9.17, 15) is 9.18 Å². The molecule has 2 aromatic rings. The van der Waals surface area contributed by atoms with E-state index in [1.807, 2.05) is 0 Å². The van der Waals surface area contributed by atoms with Crippen LogP contribution in [-0.4, -0.2) is 27.2 Å². The van der Waals surface area contributed by atoms with Gasteiger partial charge >= 0.3 is 5.97 Å². The Morgan fingerprint density at radius 2 is 2.21 bits per heavy atom. The number of benzene rings is 1. The number of anilines is 1. The number of carboxylic acid groups (broad SMARTS) is 1. The smallest absolute Gasteiger partial charge is 0.358 e. The molecule has 0 saturated carbocycles. The molecule has 0 radical (unpaired) electrons. The van der Waals surface area contributed by atoms with E-state index >= 15 is 0 Å². The molecule has 0 bridgehead atoms. The Hall–Kier alpha value is -2.37. The number of rotatable bonds is 2. The Morgan fingerprint density at radius 3 is 2.95 bits per heavy atom. The molecule has 98 valence electrons. The summed E-state index contributed by atoms with van der Waals surface area (Å²) in [6.45, 7) is 1.33. The number of halogens is 1. The summed E-state index contributed by atoms with van der Waals surface area (Å²) in [5, 5.41) is 12.2. The van der Waals surface area contributed by atoms with Gasteiger partial charge in [-0.25, -0.2) is 14.2 Å². The fraction of sp³-hybridized carbons (Fsp3) is 0.231. The Kier molecular flexibility index (Phi) is 2.70. The fourth-order valence-corrected chi connectivity index (χ4v) is 2.29. The van der Waals surface area contributed by atoms with E-state index in [4.69, 9.17) is 5.11 Å². The van der Waals surface area contributed by atoms with Crippen molar-refractivity contribution in [2.75, 3.05) is 11.9 Å². The molecule has 1 aromatic heterocycles. The summed E-state index contributed by atoms with van der Waals surface area (Å²) in [4.78, 5) is 15.3. The predicted octanol–water partition coefficient (Wildman–Crippen LogP) is 2.20. The maximum Gasteiger partial charge on any atom is 0.358 e. The molecular formula is C13H12FN3O2. The second-order valence-electron chi connectivity index (χ2n) is 4.35. The molecule has 0 fully saturated rings. The number of aromatic carboxylic acids is 1. The van der Waals surface area contributed by atoms with E-state index in [2.05, 4.69) is 10.3 Å². The minimum absolute atomic E-state index is 0.0575. The van der Waals surface area contributed by atoms with E-state index in [0.29, 0.717) is 30.3 Å². The van der Waals surface area contributed by atoms with Crippen molar-refractivity contribution >= 4 is 11.8 Å². The first-order valence-electron chi connectivity index (χ1n) is 6.01. The zero-order chi connectivity index (χ0) is 13.4. The molecule has 0 aliphatic carbocycles. The normalized spacial score (nSPS) is 13.7. The van der Waals surface area contributed by atoms with Crippen LogP contribution < -0.4 is 5.32 Å². The monoisotopic (exact) mass is 261 g/mol. The van der Waals surface area contributed by atoms with Gasteiger partial charge in [0.15, 0.2) is 5.69 Å².